The van der Waals surface area contributed by atoms with Gasteiger partial charge in [-0.05, 0) is 42.3 Å². The first kappa shape index (κ1) is 22.7. The van der Waals surface area contributed by atoms with Gasteiger partial charge in [-0.3, -0.25) is 0 Å². The third kappa shape index (κ3) is 6.49. The summed E-state index contributed by atoms with van der Waals surface area (Å²) < 4.78 is 11.5. The highest BCUT2D eigenvalue weighted by Gasteiger charge is 2.12. The maximum Gasteiger partial charge on any atom is 0.246 e. The molecule has 7 nitrogen and oxygen atoms in total. The van der Waals surface area contributed by atoms with Crippen molar-refractivity contribution in [2.75, 3.05) is 19.8 Å². The van der Waals surface area contributed by atoms with Gasteiger partial charge in [-0.25, -0.2) is 0 Å². The van der Waals surface area contributed by atoms with Crippen LogP contribution >= 0.6 is 0 Å². The normalized spacial score (nSPS) is 12.9. The summed E-state index contributed by atoms with van der Waals surface area (Å²) in [6.07, 6.45) is 1.63. The fourth-order valence-corrected chi connectivity index (χ4v) is 3.44. The van der Waals surface area contributed by atoms with Crippen LogP contribution in [0.15, 0.2) is 85.1 Å². The molecule has 3 N–H and O–H groups in total. The minimum Gasteiger partial charge on any atom is -0.491 e. The summed E-state index contributed by atoms with van der Waals surface area (Å²) in [4.78, 5) is 0. The molecule has 0 aliphatic rings. The number of aromatic nitrogens is 2. The smallest absolute Gasteiger partial charge is 0.246 e. The Morgan fingerprint density at radius 1 is 0.879 bits per heavy atom. The predicted molar refractivity (Wildman–Crippen MR) is 127 cm³/mol. The number of aliphatic hydroxyl groups excluding tert-OH is 2. The number of nitrogens with zero attached hydrogens (tertiary/aromatic N) is 2. The lowest BCUT2D eigenvalue weighted by molar-refractivity contribution is 0.0997. The third-order valence-corrected chi connectivity index (χ3v) is 5.20. The quantitative estimate of drug-likeness (QED) is 0.326. The number of fused-ring (bicyclic) bond motifs is 1. The van der Waals surface area contributed by atoms with Crippen LogP contribution in [-0.2, 0) is 6.42 Å². The Kier molecular flexibility index (Phi) is 7.81. The number of aliphatic hydroxyl groups is 2. The lowest BCUT2D eigenvalue weighted by Gasteiger charge is -2.19. The van der Waals surface area contributed by atoms with Crippen molar-refractivity contribution in [1.29, 1.82) is 0 Å². The average molecular weight is 446 g/mol. The second-order valence-electron chi connectivity index (χ2n) is 7.75. The van der Waals surface area contributed by atoms with Crippen LogP contribution in [0.4, 0.5) is 0 Å². The molecule has 4 rings (SSSR count). The van der Waals surface area contributed by atoms with Crippen LogP contribution in [0.1, 0.15) is 5.56 Å². The molecule has 1 heterocycles. The molecule has 2 atom stereocenters. The van der Waals surface area contributed by atoms with Crippen LogP contribution in [0, 0.1) is 0 Å². The molecule has 0 aliphatic heterocycles. The van der Waals surface area contributed by atoms with E-state index in [-0.39, 0.29) is 19.3 Å². The zero-order chi connectivity index (χ0) is 22.9. The summed E-state index contributed by atoms with van der Waals surface area (Å²) >= 11 is 0. The second-order valence-corrected chi connectivity index (χ2v) is 7.75. The molecule has 3 aromatic carbocycles. The van der Waals surface area contributed by atoms with E-state index in [1.807, 2.05) is 78.9 Å². The van der Waals surface area contributed by atoms with Crippen molar-refractivity contribution in [1.82, 2.24) is 15.5 Å². The maximum absolute atomic E-state index is 10.2. The third-order valence-electron chi connectivity index (χ3n) is 5.20. The number of benzene rings is 3. The Hall–Kier alpha value is -3.52. The molecular weight excluding hydrogens is 418 g/mol. The van der Waals surface area contributed by atoms with Crippen LogP contribution in [-0.4, -0.2) is 52.3 Å². The van der Waals surface area contributed by atoms with Crippen molar-refractivity contribution < 1.29 is 19.7 Å². The summed E-state index contributed by atoms with van der Waals surface area (Å²) in [6.45, 7) is 0.452. The van der Waals surface area contributed by atoms with Gasteiger partial charge in [0.2, 0.25) is 5.88 Å². The van der Waals surface area contributed by atoms with Crippen LogP contribution in [0.25, 0.3) is 10.8 Å². The van der Waals surface area contributed by atoms with E-state index in [0.717, 1.165) is 16.3 Å². The van der Waals surface area contributed by atoms with Gasteiger partial charge in [-0.15, -0.1) is 5.10 Å². The molecule has 0 fully saturated rings. The molecule has 0 spiro atoms. The minimum atomic E-state index is -0.683. The molecule has 0 unspecified atom stereocenters. The molecule has 0 amide bonds. The molecule has 1 aromatic heterocycles. The zero-order valence-corrected chi connectivity index (χ0v) is 18.2. The monoisotopic (exact) mass is 445 g/mol. The molecule has 33 heavy (non-hydrogen) atoms. The summed E-state index contributed by atoms with van der Waals surface area (Å²) in [5.74, 6) is 1.83. The average Bonchev–Trinajstić information content (AvgIpc) is 2.87. The van der Waals surface area contributed by atoms with Crippen molar-refractivity contribution in [2.45, 2.75) is 18.6 Å². The molecule has 0 radical (unpaired) electrons. The standard InChI is InChI=1S/C26H27N3O4/c30-17-21(27-16-22(31)18-32-23-7-2-1-3-8-23)14-19-10-12-24(13-11-19)33-26-25-9-5-4-6-20(25)15-28-29-26/h1-13,15,21-22,27,30-31H,14,16-18H2/t21-,22-/m0/s1. The Morgan fingerprint density at radius 2 is 1.64 bits per heavy atom. The Balaban J connectivity index is 1.28. The number of hydrogen-bond acceptors (Lipinski definition) is 7. The van der Waals surface area contributed by atoms with E-state index < -0.39 is 6.10 Å². The van der Waals surface area contributed by atoms with E-state index in [9.17, 15) is 10.2 Å². The molecule has 4 aromatic rings. The van der Waals surface area contributed by atoms with Crippen molar-refractivity contribution in [3.05, 3.63) is 90.6 Å². The van der Waals surface area contributed by atoms with Gasteiger partial charge in [-0.1, -0.05) is 48.5 Å². The second kappa shape index (κ2) is 11.4. The van der Waals surface area contributed by atoms with Crippen molar-refractivity contribution in [2.24, 2.45) is 0 Å². The molecule has 7 heteroatoms. The molecular formula is C26H27N3O4. The lowest BCUT2D eigenvalue weighted by atomic mass is 10.1. The highest BCUT2D eigenvalue weighted by atomic mass is 16.5. The summed E-state index contributed by atoms with van der Waals surface area (Å²) in [6, 6.07) is 24.6. The molecule has 170 valence electrons. The van der Waals surface area contributed by atoms with E-state index >= 15 is 0 Å². The highest BCUT2D eigenvalue weighted by Crippen LogP contribution is 2.27. The fraction of sp³-hybridized carbons (Fsp3) is 0.231. The molecule has 0 saturated carbocycles. The van der Waals surface area contributed by atoms with Crippen molar-refractivity contribution >= 4 is 10.8 Å². The summed E-state index contributed by atoms with van der Waals surface area (Å²) in [5, 5.41) is 33.1. The largest absolute Gasteiger partial charge is 0.491 e. The van der Waals surface area contributed by atoms with Crippen LogP contribution < -0.4 is 14.8 Å². The first-order valence-electron chi connectivity index (χ1n) is 10.9. The van der Waals surface area contributed by atoms with E-state index in [1.165, 1.54) is 0 Å². The topological polar surface area (TPSA) is 96.7 Å². The summed E-state index contributed by atoms with van der Waals surface area (Å²) in [5.41, 5.74) is 1.04. The lowest BCUT2D eigenvalue weighted by Crippen LogP contribution is -2.41. The Morgan fingerprint density at radius 3 is 2.42 bits per heavy atom. The van der Waals surface area contributed by atoms with Gasteiger partial charge in [0.05, 0.1) is 12.8 Å². The number of rotatable bonds is 11. The number of ether oxygens (including phenoxy) is 2. The van der Waals surface area contributed by atoms with Gasteiger partial charge < -0.3 is 25.0 Å². The Labute approximate surface area is 192 Å². The number of para-hydroxylation sites is 1. The summed E-state index contributed by atoms with van der Waals surface area (Å²) in [7, 11) is 0. The SMILES string of the molecule is OC[C@H](Cc1ccc(Oc2nncc3ccccc23)cc1)NC[C@H](O)COc1ccccc1. The van der Waals surface area contributed by atoms with Crippen LogP contribution in [0.2, 0.25) is 0 Å². The van der Waals surface area contributed by atoms with E-state index in [1.54, 1.807) is 6.20 Å². The van der Waals surface area contributed by atoms with Gasteiger partial charge in [-0.2, -0.15) is 5.10 Å². The van der Waals surface area contributed by atoms with E-state index in [4.69, 9.17) is 9.47 Å². The minimum absolute atomic E-state index is 0.0455. The zero-order valence-electron chi connectivity index (χ0n) is 18.2. The molecule has 0 saturated heterocycles. The highest BCUT2D eigenvalue weighted by molar-refractivity contribution is 5.85. The number of hydrogen-bond donors (Lipinski definition) is 3. The number of nitrogens with one attached hydrogen (secondary N) is 1. The van der Waals surface area contributed by atoms with Crippen molar-refractivity contribution in [3.8, 4) is 17.4 Å². The molecule has 0 bridgehead atoms. The Bertz CT molecular complexity index is 1130. The van der Waals surface area contributed by atoms with Gasteiger partial charge in [0.1, 0.15) is 24.2 Å². The van der Waals surface area contributed by atoms with Gasteiger partial charge in [0.15, 0.2) is 0 Å². The first-order valence-corrected chi connectivity index (χ1v) is 10.9. The molecule has 0 aliphatic carbocycles. The van der Waals surface area contributed by atoms with Crippen molar-refractivity contribution in [3.63, 3.8) is 0 Å². The van der Waals surface area contributed by atoms with E-state index in [0.29, 0.717) is 30.3 Å². The van der Waals surface area contributed by atoms with Gasteiger partial charge in [0.25, 0.3) is 0 Å². The van der Waals surface area contributed by atoms with Gasteiger partial charge >= 0.3 is 0 Å². The van der Waals surface area contributed by atoms with Gasteiger partial charge in [0, 0.05) is 23.4 Å². The fourth-order valence-electron chi connectivity index (χ4n) is 3.44. The van der Waals surface area contributed by atoms with Crippen LogP contribution in [0.5, 0.6) is 17.4 Å². The first-order chi connectivity index (χ1) is 16.2. The van der Waals surface area contributed by atoms with E-state index in [2.05, 4.69) is 15.5 Å². The van der Waals surface area contributed by atoms with Crippen LogP contribution in [0.3, 0.4) is 0 Å². The predicted octanol–water partition coefficient (Wildman–Crippen LogP) is 3.36. The maximum atomic E-state index is 10.2.